The number of likely N-dealkylation sites (tertiary alicyclic amines) is 1. The van der Waals surface area contributed by atoms with Crippen LogP contribution in [0.1, 0.15) is 37.7 Å². The van der Waals surface area contributed by atoms with Gasteiger partial charge in [-0.25, -0.2) is 0 Å². The third-order valence-electron chi connectivity index (χ3n) is 4.90. The van der Waals surface area contributed by atoms with E-state index in [9.17, 15) is 4.79 Å². The van der Waals surface area contributed by atoms with Crippen molar-refractivity contribution in [1.29, 1.82) is 0 Å². The Balaban J connectivity index is 0.00000176. The summed E-state index contributed by atoms with van der Waals surface area (Å²) in [7, 11) is 0. The first kappa shape index (κ1) is 17.3. The molecule has 2 fully saturated rings. The Labute approximate surface area is 139 Å². The molecule has 3 nitrogen and oxygen atoms in total. The second-order valence-electron chi connectivity index (χ2n) is 6.46. The monoisotopic (exact) mass is 322 g/mol. The first-order valence-corrected chi connectivity index (χ1v) is 8.39. The molecule has 2 saturated heterocycles. The van der Waals surface area contributed by atoms with Crippen molar-refractivity contribution in [3.63, 3.8) is 0 Å². The fourth-order valence-corrected chi connectivity index (χ4v) is 3.59. The first-order chi connectivity index (χ1) is 10.3. The Morgan fingerprint density at radius 1 is 1.09 bits per heavy atom. The molecule has 0 unspecified atom stereocenters. The predicted molar refractivity (Wildman–Crippen MR) is 92.3 cm³/mol. The van der Waals surface area contributed by atoms with Crippen LogP contribution in [0.2, 0.25) is 0 Å². The van der Waals surface area contributed by atoms with Gasteiger partial charge < -0.3 is 10.2 Å². The zero-order valence-corrected chi connectivity index (χ0v) is 14.0. The van der Waals surface area contributed by atoms with Crippen molar-refractivity contribution in [2.45, 2.75) is 44.6 Å². The molecule has 2 aliphatic heterocycles. The van der Waals surface area contributed by atoms with E-state index in [-0.39, 0.29) is 18.4 Å². The molecule has 2 aliphatic rings. The van der Waals surface area contributed by atoms with Crippen LogP contribution in [0.3, 0.4) is 0 Å². The number of nitrogens with one attached hydrogen (secondary N) is 1. The summed E-state index contributed by atoms with van der Waals surface area (Å²) >= 11 is 0. The highest BCUT2D eigenvalue weighted by molar-refractivity contribution is 5.85. The molecule has 1 aromatic rings. The molecule has 1 amide bonds. The van der Waals surface area contributed by atoms with Crippen molar-refractivity contribution in [1.82, 2.24) is 10.2 Å². The molecule has 0 aliphatic carbocycles. The molecule has 122 valence electrons. The average molecular weight is 323 g/mol. The van der Waals surface area contributed by atoms with Crippen molar-refractivity contribution in [2.24, 2.45) is 5.92 Å². The second kappa shape index (κ2) is 8.54. The maximum atomic E-state index is 12.5. The van der Waals surface area contributed by atoms with Crippen LogP contribution in [0.25, 0.3) is 0 Å². The van der Waals surface area contributed by atoms with Gasteiger partial charge in [-0.3, -0.25) is 4.79 Å². The summed E-state index contributed by atoms with van der Waals surface area (Å²) in [5.41, 5.74) is 1.43. The molecule has 1 aromatic carbocycles. The summed E-state index contributed by atoms with van der Waals surface area (Å²) in [4.78, 5) is 14.6. The van der Waals surface area contributed by atoms with E-state index in [1.807, 2.05) is 0 Å². The summed E-state index contributed by atoms with van der Waals surface area (Å²) in [6.07, 6.45) is 6.87. The molecule has 3 rings (SSSR count). The molecule has 0 bridgehead atoms. The smallest absolute Gasteiger partial charge is 0.239 e. The van der Waals surface area contributed by atoms with E-state index in [1.54, 1.807) is 0 Å². The molecular weight excluding hydrogens is 296 g/mol. The molecule has 0 saturated carbocycles. The van der Waals surface area contributed by atoms with Gasteiger partial charge in [0.15, 0.2) is 0 Å². The van der Waals surface area contributed by atoms with Gasteiger partial charge in [-0.2, -0.15) is 0 Å². The van der Waals surface area contributed by atoms with E-state index < -0.39 is 0 Å². The van der Waals surface area contributed by atoms with E-state index in [0.29, 0.717) is 5.91 Å². The van der Waals surface area contributed by atoms with E-state index in [4.69, 9.17) is 0 Å². The Kier molecular flexibility index (Phi) is 6.71. The van der Waals surface area contributed by atoms with E-state index in [2.05, 4.69) is 40.5 Å². The topological polar surface area (TPSA) is 32.3 Å². The van der Waals surface area contributed by atoms with Gasteiger partial charge in [-0.15, -0.1) is 12.4 Å². The Morgan fingerprint density at radius 2 is 1.82 bits per heavy atom. The van der Waals surface area contributed by atoms with Gasteiger partial charge in [0.2, 0.25) is 5.91 Å². The average Bonchev–Trinajstić information content (AvgIpc) is 2.57. The number of hydrogen-bond donors (Lipinski definition) is 1. The van der Waals surface area contributed by atoms with Gasteiger partial charge in [-0.1, -0.05) is 36.8 Å². The lowest BCUT2D eigenvalue weighted by Gasteiger charge is -2.35. The predicted octanol–water partition coefficient (Wildman–Crippen LogP) is 3.03. The van der Waals surface area contributed by atoms with Crippen LogP contribution in [-0.2, 0) is 11.2 Å². The summed E-state index contributed by atoms with van der Waals surface area (Å²) in [5.74, 6) is 1.07. The SMILES string of the molecule is Cl.O=C([C@@H]1CCCCN1)N1CCC(Cc2ccccc2)CC1. The highest BCUT2D eigenvalue weighted by Crippen LogP contribution is 2.23. The fraction of sp³-hybridized carbons (Fsp3) is 0.611. The zero-order chi connectivity index (χ0) is 14.5. The summed E-state index contributed by atoms with van der Waals surface area (Å²) < 4.78 is 0. The number of rotatable bonds is 3. The molecule has 1 atom stereocenters. The summed E-state index contributed by atoms with van der Waals surface area (Å²) in [6.45, 7) is 2.88. The van der Waals surface area contributed by atoms with Gasteiger partial charge in [0, 0.05) is 13.1 Å². The van der Waals surface area contributed by atoms with Crippen LogP contribution in [0, 0.1) is 5.92 Å². The molecule has 22 heavy (non-hydrogen) atoms. The maximum Gasteiger partial charge on any atom is 0.239 e. The molecule has 4 heteroatoms. The third kappa shape index (κ3) is 4.47. The molecule has 0 radical (unpaired) electrons. The number of piperidine rings is 2. The standard InChI is InChI=1S/C18H26N2O.ClH/c21-18(17-8-4-5-11-19-17)20-12-9-16(10-13-20)14-15-6-2-1-3-7-15;/h1-3,6-7,16-17,19H,4-5,8-14H2;1H/t17-;/m0./s1. The van der Waals surface area contributed by atoms with E-state index >= 15 is 0 Å². The quantitative estimate of drug-likeness (QED) is 0.927. The highest BCUT2D eigenvalue weighted by atomic mass is 35.5. The van der Waals surface area contributed by atoms with Crippen molar-refractivity contribution < 1.29 is 4.79 Å². The number of nitrogens with zero attached hydrogens (tertiary/aromatic N) is 1. The summed E-state index contributed by atoms with van der Waals surface area (Å²) in [5, 5.41) is 3.38. The molecular formula is C18H27ClN2O. The lowest BCUT2D eigenvalue weighted by molar-refractivity contribution is -0.135. The molecule has 1 N–H and O–H groups in total. The van der Waals surface area contributed by atoms with Crippen molar-refractivity contribution in [2.75, 3.05) is 19.6 Å². The van der Waals surface area contributed by atoms with E-state index in [0.717, 1.165) is 51.2 Å². The van der Waals surface area contributed by atoms with E-state index in [1.165, 1.54) is 18.4 Å². The number of carbonyl (C=O) groups excluding carboxylic acids is 1. The lowest BCUT2D eigenvalue weighted by atomic mass is 9.89. The van der Waals surface area contributed by atoms with Gasteiger partial charge >= 0.3 is 0 Å². The minimum absolute atomic E-state index is 0. The van der Waals surface area contributed by atoms with Crippen LogP contribution in [-0.4, -0.2) is 36.5 Å². The van der Waals surface area contributed by atoms with Crippen molar-refractivity contribution in [3.05, 3.63) is 35.9 Å². The number of benzene rings is 1. The zero-order valence-electron chi connectivity index (χ0n) is 13.2. The van der Waals surface area contributed by atoms with Crippen molar-refractivity contribution in [3.8, 4) is 0 Å². The number of hydrogen-bond acceptors (Lipinski definition) is 2. The fourth-order valence-electron chi connectivity index (χ4n) is 3.59. The summed E-state index contributed by atoms with van der Waals surface area (Å²) in [6, 6.07) is 10.8. The minimum Gasteiger partial charge on any atom is -0.341 e. The number of amides is 1. The Morgan fingerprint density at radius 3 is 2.45 bits per heavy atom. The Hall–Kier alpha value is -1.06. The van der Waals surface area contributed by atoms with Crippen LogP contribution < -0.4 is 5.32 Å². The highest BCUT2D eigenvalue weighted by Gasteiger charge is 2.28. The third-order valence-corrected chi connectivity index (χ3v) is 4.90. The van der Waals surface area contributed by atoms with Gasteiger partial charge in [0.1, 0.15) is 0 Å². The van der Waals surface area contributed by atoms with Crippen LogP contribution in [0.15, 0.2) is 30.3 Å². The van der Waals surface area contributed by atoms with Crippen LogP contribution >= 0.6 is 12.4 Å². The maximum absolute atomic E-state index is 12.5. The van der Waals surface area contributed by atoms with Gasteiger partial charge in [0.05, 0.1) is 6.04 Å². The largest absolute Gasteiger partial charge is 0.341 e. The number of halogens is 1. The number of carbonyl (C=O) groups is 1. The minimum atomic E-state index is 0. The first-order valence-electron chi connectivity index (χ1n) is 8.39. The van der Waals surface area contributed by atoms with Crippen molar-refractivity contribution >= 4 is 18.3 Å². The molecule has 2 heterocycles. The Bertz CT molecular complexity index is 451. The lowest BCUT2D eigenvalue weighted by Crippen LogP contribution is -2.50. The normalized spacial score (nSPS) is 22.9. The van der Waals surface area contributed by atoms with Crippen LogP contribution in [0.4, 0.5) is 0 Å². The van der Waals surface area contributed by atoms with Gasteiger partial charge in [-0.05, 0) is 50.1 Å². The van der Waals surface area contributed by atoms with Crippen LogP contribution in [0.5, 0.6) is 0 Å². The van der Waals surface area contributed by atoms with Gasteiger partial charge in [0.25, 0.3) is 0 Å². The molecule has 0 aromatic heterocycles. The second-order valence-corrected chi connectivity index (χ2v) is 6.46. The molecule has 0 spiro atoms.